The zero-order chi connectivity index (χ0) is 17.8. The third-order valence-corrected chi connectivity index (χ3v) is 3.61. The van der Waals surface area contributed by atoms with Gasteiger partial charge in [-0.2, -0.15) is 0 Å². The number of rotatable bonds is 3. The predicted molar refractivity (Wildman–Crippen MR) is 86.6 cm³/mol. The first-order valence-electron chi connectivity index (χ1n) is 7.48. The summed E-state index contributed by atoms with van der Waals surface area (Å²) in [6.45, 7) is 0. The molecule has 2 atom stereocenters. The van der Waals surface area contributed by atoms with E-state index in [2.05, 4.69) is 11.8 Å². The van der Waals surface area contributed by atoms with Crippen LogP contribution in [-0.4, -0.2) is 34.4 Å². The average Bonchev–Trinajstić information content (AvgIpc) is 3.07. The number of aliphatic carboxylic acids is 2. The Morgan fingerprint density at radius 2 is 1.24 bits per heavy atom. The standard InChI is InChI=1S/C19H14O6/c20-17(21)15-16(18(22)23)25-19(24-15)14-10-8-13(9-11-14)7-6-12-4-2-1-3-5-12/h1-5,8-11,15-16,19H,(H,20,21)(H,22,23). The van der Waals surface area contributed by atoms with Gasteiger partial charge in [0.15, 0.2) is 18.5 Å². The molecule has 0 saturated carbocycles. The lowest BCUT2D eigenvalue weighted by Gasteiger charge is -2.09. The summed E-state index contributed by atoms with van der Waals surface area (Å²) < 4.78 is 10.4. The van der Waals surface area contributed by atoms with Gasteiger partial charge in [0.25, 0.3) is 0 Å². The third-order valence-electron chi connectivity index (χ3n) is 3.61. The largest absolute Gasteiger partial charge is 0.479 e. The van der Waals surface area contributed by atoms with Gasteiger partial charge in [0.1, 0.15) is 0 Å². The minimum Gasteiger partial charge on any atom is -0.479 e. The van der Waals surface area contributed by atoms with Gasteiger partial charge in [-0.15, -0.1) is 0 Å². The molecule has 0 radical (unpaired) electrons. The van der Waals surface area contributed by atoms with Crippen molar-refractivity contribution in [2.45, 2.75) is 18.5 Å². The summed E-state index contributed by atoms with van der Waals surface area (Å²) in [5, 5.41) is 18.1. The van der Waals surface area contributed by atoms with Crippen molar-refractivity contribution in [3.05, 3.63) is 71.3 Å². The van der Waals surface area contributed by atoms with E-state index >= 15 is 0 Å². The summed E-state index contributed by atoms with van der Waals surface area (Å²) in [5.41, 5.74) is 2.18. The summed E-state index contributed by atoms with van der Waals surface area (Å²) in [4.78, 5) is 22.2. The Balaban J connectivity index is 1.74. The predicted octanol–water partition coefficient (Wildman–Crippen LogP) is 2.04. The van der Waals surface area contributed by atoms with Crippen LogP contribution in [0.4, 0.5) is 0 Å². The molecular weight excluding hydrogens is 324 g/mol. The molecule has 0 aromatic heterocycles. The first-order valence-corrected chi connectivity index (χ1v) is 7.48. The minimum absolute atomic E-state index is 0.528. The molecule has 2 N–H and O–H groups in total. The van der Waals surface area contributed by atoms with Gasteiger partial charge >= 0.3 is 11.9 Å². The lowest BCUT2D eigenvalue weighted by Crippen LogP contribution is -2.36. The number of hydrogen-bond acceptors (Lipinski definition) is 4. The zero-order valence-corrected chi connectivity index (χ0v) is 13.0. The van der Waals surface area contributed by atoms with Crippen molar-refractivity contribution >= 4 is 11.9 Å². The van der Waals surface area contributed by atoms with Crippen LogP contribution in [-0.2, 0) is 19.1 Å². The highest BCUT2D eigenvalue weighted by Crippen LogP contribution is 2.31. The molecule has 2 aromatic rings. The van der Waals surface area contributed by atoms with Crippen molar-refractivity contribution in [2.75, 3.05) is 0 Å². The van der Waals surface area contributed by atoms with Crippen molar-refractivity contribution in [2.24, 2.45) is 0 Å². The number of ether oxygens (including phenoxy) is 2. The summed E-state index contributed by atoms with van der Waals surface area (Å²) in [6, 6.07) is 16.3. The highest BCUT2D eigenvalue weighted by molar-refractivity contribution is 5.84. The molecule has 3 rings (SSSR count). The summed E-state index contributed by atoms with van der Waals surface area (Å²) >= 11 is 0. The van der Waals surface area contributed by atoms with E-state index in [1.165, 1.54) is 0 Å². The first kappa shape index (κ1) is 16.7. The van der Waals surface area contributed by atoms with Crippen LogP contribution in [0.15, 0.2) is 54.6 Å². The Morgan fingerprint density at radius 1 is 0.760 bits per heavy atom. The molecule has 1 aliphatic rings. The monoisotopic (exact) mass is 338 g/mol. The van der Waals surface area contributed by atoms with Gasteiger partial charge < -0.3 is 19.7 Å². The van der Waals surface area contributed by atoms with Crippen LogP contribution in [0, 0.1) is 11.8 Å². The van der Waals surface area contributed by atoms with Crippen molar-refractivity contribution < 1.29 is 29.3 Å². The molecule has 126 valence electrons. The van der Waals surface area contributed by atoms with Gasteiger partial charge in [-0.1, -0.05) is 42.2 Å². The molecule has 25 heavy (non-hydrogen) atoms. The van der Waals surface area contributed by atoms with E-state index in [-0.39, 0.29) is 0 Å². The maximum Gasteiger partial charge on any atom is 0.336 e. The first-order chi connectivity index (χ1) is 12.0. The van der Waals surface area contributed by atoms with Gasteiger partial charge in [0.2, 0.25) is 0 Å². The van der Waals surface area contributed by atoms with Crippen LogP contribution < -0.4 is 0 Å². The van der Waals surface area contributed by atoms with Gasteiger partial charge in [0.05, 0.1) is 0 Å². The van der Waals surface area contributed by atoms with Gasteiger partial charge in [0, 0.05) is 16.7 Å². The van der Waals surface area contributed by atoms with E-state index in [9.17, 15) is 9.59 Å². The Hall–Kier alpha value is -3.14. The number of benzene rings is 2. The number of carbonyl (C=O) groups is 2. The van der Waals surface area contributed by atoms with Crippen LogP contribution in [0.2, 0.25) is 0 Å². The van der Waals surface area contributed by atoms with Crippen LogP contribution >= 0.6 is 0 Å². The molecule has 2 unspecified atom stereocenters. The molecule has 6 heteroatoms. The SMILES string of the molecule is O=C(O)C1OC(c2ccc(C#Cc3ccccc3)cc2)OC1C(=O)O. The van der Waals surface area contributed by atoms with Crippen molar-refractivity contribution in [3.63, 3.8) is 0 Å². The number of carboxylic acids is 2. The fourth-order valence-corrected chi connectivity index (χ4v) is 2.36. The van der Waals surface area contributed by atoms with Gasteiger partial charge in [-0.3, -0.25) is 0 Å². The van der Waals surface area contributed by atoms with Gasteiger partial charge in [-0.05, 0) is 24.3 Å². The Bertz CT molecular complexity index is 810. The summed E-state index contributed by atoms with van der Waals surface area (Å²) in [5.74, 6) is 3.29. The third kappa shape index (κ3) is 3.86. The quantitative estimate of drug-likeness (QED) is 0.832. The normalized spacial score (nSPS) is 22.0. The molecule has 0 spiro atoms. The Labute approximate surface area is 143 Å². The molecule has 1 fully saturated rings. The molecule has 1 aliphatic heterocycles. The van der Waals surface area contributed by atoms with Crippen molar-refractivity contribution in [3.8, 4) is 11.8 Å². The number of carboxylic acid groups (broad SMARTS) is 2. The van der Waals surface area contributed by atoms with Crippen LogP contribution in [0.5, 0.6) is 0 Å². The van der Waals surface area contributed by atoms with Crippen LogP contribution in [0.25, 0.3) is 0 Å². The molecule has 0 amide bonds. The number of hydrogen-bond donors (Lipinski definition) is 2. The van der Waals surface area contributed by atoms with E-state index in [0.29, 0.717) is 5.56 Å². The Kier molecular flexibility index (Phi) is 4.80. The van der Waals surface area contributed by atoms with Crippen molar-refractivity contribution in [1.82, 2.24) is 0 Å². The minimum atomic E-state index is -1.54. The van der Waals surface area contributed by atoms with Crippen LogP contribution in [0.3, 0.4) is 0 Å². The zero-order valence-electron chi connectivity index (χ0n) is 13.0. The highest BCUT2D eigenvalue weighted by Gasteiger charge is 2.46. The highest BCUT2D eigenvalue weighted by atomic mass is 16.7. The average molecular weight is 338 g/mol. The van der Waals surface area contributed by atoms with E-state index in [1.54, 1.807) is 24.3 Å². The second-order valence-electron chi connectivity index (χ2n) is 5.36. The lowest BCUT2D eigenvalue weighted by molar-refractivity contribution is -0.156. The second kappa shape index (κ2) is 7.18. The molecular formula is C19H14O6. The molecule has 2 aromatic carbocycles. The van der Waals surface area contributed by atoms with E-state index in [0.717, 1.165) is 11.1 Å². The maximum absolute atomic E-state index is 11.1. The van der Waals surface area contributed by atoms with E-state index in [4.69, 9.17) is 19.7 Å². The molecule has 0 aliphatic carbocycles. The summed E-state index contributed by atoms with van der Waals surface area (Å²) in [7, 11) is 0. The maximum atomic E-state index is 11.1. The molecule has 1 heterocycles. The summed E-state index contributed by atoms with van der Waals surface area (Å²) in [6.07, 6.45) is -4.13. The second-order valence-corrected chi connectivity index (χ2v) is 5.36. The van der Waals surface area contributed by atoms with E-state index in [1.807, 2.05) is 30.3 Å². The molecule has 0 bridgehead atoms. The molecule has 6 nitrogen and oxygen atoms in total. The topological polar surface area (TPSA) is 93.1 Å². The van der Waals surface area contributed by atoms with E-state index < -0.39 is 30.4 Å². The fraction of sp³-hybridized carbons (Fsp3) is 0.158. The van der Waals surface area contributed by atoms with Crippen LogP contribution in [0.1, 0.15) is 23.0 Å². The smallest absolute Gasteiger partial charge is 0.336 e. The molecule has 1 saturated heterocycles. The van der Waals surface area contributed by atoms with Gasteiger partial charge in [-0.25, -0.2) is 9.59 Å². The Morgan fingerprint density at radius 3 is 1.72 bits per heavy atom. The fourth-order valence-electron chi connectivity index (χ4n) is 2.36. The van der Waals surface area contributed by atoms with Crippen molar-refractivity contribution in [1.29, 1.82) is 0 Å². The lowest BCUT2D eigenvalue weighted by atomic mass is 10.1.